The number of alkyl halides is 3. The minimum Gasteiger partial charge on any atom is -0.264 e. The summed E-state index contributed by atoms with van der Waals surface area (Å²) in [6.45, 7) is 3.60. The molecular weight excluding hydrogens is 275 g/mol. The first-order valence-electron chi connectivity index (χ1n) is 5.53. The summed E-state index contributed by atoms with van der Waals surface area (Å²) >= 11 is 5.03. The molecule has 0 bridgehead atoms. The van der Waals surface area contributed by atoms with Crippen LogP contribution in [0.5, 0.6) is 0 Å². The Morgan fingerprint density at radius 1 is 1.21 bits per heavy atom. The second-order valence-electron chi connectivity index (χ2n) is 4.28. The van der Waals surface area contributed by atoms with E-state index < -0.39 is 12.0 Å². The van der Waals surface area contributed by atoms with Gasteiger partial charge in [-0.05, 0) is 43.3 Å². The monoisotopic (exact) mass is 287 g/mol. The Bertz CT molecular complexity index is 683. The maximum atomic E-state index is 13.0. The van der Waals surface area contributed by atoms with Crippen molar-refractivity contribution in [3.8, 4) is 5.69 Å². The van der Waals surface area contributed by atoms with Crippen LogP contribution in [-0.4, -0.2) is 14.3 Å². The smallest absolute Gasteiger partial charge is 0.264 e. The molecule has 1 heterocycles. The zero-order valence-electron chi connectivity index (χ0n) is 10.6. The quantitative estimate of drug-likeness (QED) is 0.748. The van der Waals surface area contributed by atoms with Crippen molar-refractivity contribution in [1.29, 1.82) is 0 Å². The van der Waals surface area contributed by atoms with Crippen LogP contribution in [0.15, 0.2) is 18.2 Å². The average molecular weight is 287 g/mol. The van der Waals surface area contributed by atoms with E-state index in [0.717, 1.165) is 20.4 Å². The third-order valence-electron chi connectivity index (χ3n) is 3.00. The summed E-state index contributed by atoms with van der Waals surface area (Å²) in [6, 6.07) is 5.15. The number of aryl methyl sites for hydroxylation is 2. The second-order valence-corrected chi connectivity index (χ2v) is 4.65. The van der Waals surface area contributed by atoms with Crippen LogP contribution in [0.25, 0.3) is 5.69 Å². The largest absolute Gasteiger partial charge is 0.452 e. The number of nitrogens with zero attached hydrogens (tertiary/aromatic N) is 3. The molecule has 0 radical (unpaired) electrons. The molecule has 7 heteroatoms. The Morgan fingerprint density at radius 2 is 1.84 bits per heavy atom. The van der Waals surface area contributed by atoms with Crippen molar-refractivity contribution < 1.29 is 13.2 Å². The maximum absolute atomic E-state index is 13.0. The molecule has 0 N–H and O–H groups in total. The van der Waals surface area contributed by atoms with E-state index >= 15 is 0 Å². The van der Waals surface area contributed by atoms with Crippen LogP contribution < -0.4 is 0 Å². The first-order valence-corrected chi connectivity index (χ1v) is 5.94. The summed E-state index contributed by atoms with van der Waals surface area (Å²) in [5, 5.41) is 3.48. The van der Waals surface area contributed by atoms with E-state index in [2.05, 4.69) is 5.10 Å². The lowest BCUT2D eigenvalue weighted by Gasteiger charge is -2.13. The lowest BCUT2D eigenvalue weighted by Crippen LogP contribution is -2.15. The topological polar surface area (TPSA) is 22.8 Å². The van der Waals surface area contributed by atoms with E-state index in [-0.39, 0.29) is 4.77 Å². The highest BCUT2D eigenvalue weighted by molar-refractivity contribution is 7.71. The molecule has 0 spiro atoms. The molecule has 0 aliphatic carbocycles. The molecule has 2 rings (SSSR count). The highest BCUT2D eigenvalue weighted by Gasteiger charge is 2.38. The fourth-order valence-corrected chi connectivity index (χ4v) is 2.07. The first-order chi connectivity index (χ1) is 8.73. The van der Waals surface area contributed by atoms with Gasteiger partial charge in [0.2, 0.25) is 10.6 Å². The van der Waals surface area contributed by atoms with Crippen LogP contribution in [0.4, 0.5) is 13.2 Å². The van der Waals surface area contributed by atoms with E-state index in [1.165, 1.54) is 7.05 Å². The molecule has 3 nitrogen and oxygen atoms in total. The maximum Gasteiger partial charge on any atom is 0.452 e. The Labute approximate surface area is 113 Å². The molecular formula is C12H12F3N3S. The van der Waals surface area contributed by atoms with Crippen molar-refractivity contribution >= 4 is 12.2 Å². The van der Waals surface area contributed by atoms with Gasteiger partial charge in [-0.25, -0.2) is 4.68 Å². The van der Waals surface area contributed by atoms with Gasteiger partial charge in [-0.1, -0.05) is 12.1 Å². The zero-order chi connectivity index (χ0) is 14.4. The van der Waals surface area contributed by atoms with Crippen LogP contribution in [0.1, 0.15) is 17.0 Å². The van der Waals surface area contributed by atoms with Crippen molar-refractivity contribution in [2.24, 2.45) is 7.05 Å². The van der Waals surface area contributed by atoms with Crippen LogP contribution in [0, 0.1) is 18.6 Å². The zero-order valence-corrected chi connectivity index (χ0v) is 11.4. The molecule has 0 unspecified atom stereocenters. The van der Waals surface area contributed by atoms with E-state index in [1.807, 2.05) is 13.0 Å². The Balaban J connectivity index is 2.83. The summed E-state index contributed by atoms with van der Waals surface area (Å²) in [7, 11) is 1.40. The number of rotatable bonds is 1. The summed E-state index contributed by atoms with van der Waals surface area (Å²) in [4.78, 5) is 0. The van der Waals surface area contributed by atoms with Gasteiger partial charge < -0.3 is 0 Å². The van der Waals surface area contributed by atoms with Crippen molar-refractivity contribution in [3.63, 3.8) is 0 Å². The number of benzene rings is 1. The van der Waals surface area contributed by atoms with E-state index in [0.29, 0.717) is 5.69 Å². The standard InChI is InChI=1S/C12H12F3N3S/c1-7-5-4-6-9(8(7)2)18-10(12(13,14)15)16-17(3)11(18)19/h4-6H,1-3H3. The molecule has 1 aromatic carbocycles. The van der Waals surface area contributed by atoms with Gasteiger partial charge in [0, 0.05) is 7.05 Å². The number of aromatic nitrogens is 3. The molecule has 102 valence electrons. The lowest BCUT2D eigenvalue weighted by atomic mass is 10.1. The molecule has 0 aliphatic rings. The first kappa shape index (κ1) is 13.8. The molecule has 0 atom stereocenters. The van der Waals surface area contributed by atoms with Crippen LogP contribution in [0.3, 0.4) is 0 Å². The Kier molecular flexibility index (Phi) is 3.25. The van der Waals surface area contributed by atoms with Crippen molar-refractivity contribution in [2.75, 3.05) is 0 Å². The third-order valence-corrected chi connectivity index (χ3v) is 3.44. The number of hydrogen-bond acceptors (Lipinski definition) is 2. The van der Waals surface area contributed by atoms with E-state index in [4.69, 9.17) is 12.2 Å². The normalized spacial score (nSPS) is 11.9. The van der Waals surface area contributed by atoms with Crippen molar-refractivity contribution in [3.05, 3.63) is 39.9 Å². The average Bonchev–Trinajstić information content (AvgIpc) is 2.60. The van der Waals surface area contributed by atoms with Gasteiger partial charge in [-0.2, -0.15) is 13.2 Å². The Hall–Kier alpha value is -1.63. The van der Waals surface area contributed by atoms with Gasteiger partial charge in [-0.3, -0.25) is 4.57 Å². The van der Waals surface area contributed by atoms with Gasteiger partial charge in [-0.15, -0.1) is 5.10 Å². The SMILES string of the molecule is Cc1cccc(-n2c(C(F)(F)F)nn(C)c2=S)c1C. The van der Waals surface area contributed by atoms with Gasteiger partial charge in [0.25, 0.3) is 0 Å². The van der Waals surface area contributed by atoms with Crippen molar-refractivity contribution in [1.82, 2.24) is 14.3 Å². The highest BCUT2D eigenvalue weighted by Crippen LogP contribution is 2.31. The molecule has 2 aromatic rings. The summed E-state index contributed by atoms with van der Waals surface area (Å²) in [6.07, 6.45) is -4.55. The highest BCUT2D eigenvalue weighted by atomic mass is 32.1. The van der Waals surface area contributed by atoms with Crippen LogP contribution in [-0.2, 0) is 13.2 Å². The minimum atomic E-state index is -4.55. The van der Waals surface area contributed by atoms with E-state index in [1.54, 1.807) is 19.1 Å². The van der Waals surface area contributed by atoms with Gasteiger partial charge in [0.05, 0.1) is 5.69 Å². The minimum absolute atomic E-state index is 0.0148. The molecule has 0 amide bonds. The second kappa shape index (κ2) is 4.48. The molecule has 1 aromatic heterocycles. The fraction of sp³-hybridized carbons (Fsp3) is 0.333. The summed E-state index contributed by atoms with van der Waals surface area (Å²) in [5.41, 5.74) is 2.05. The third kappa shape index (κ3) is 2.30. The molecule has 19 heavy (non-hydrogen) atoms. The predicted molar refractivity (Wildman–Crippen MR) is 67.8 cm³/mol. The lowest BCUT2D eigenvalue weighted by molar-refractivity contribution is -0.146. The summed E-state index contributed by atoms with van der Waals surface area (Å²) in [5.74, 6) is -1.01. The fourth-order valence-electron chi connectivity index (χ4n) is 1.84. The van der Waals surface area contributed by atoms with Gasteiger partial charge in [0.15, 0.2) is 0 Å². The van der Waals surface area contributed by atoms with Crippen molar-refractivity contribution in [2.45, 2.75) is 20.0 Å². The number of halogens is 3. The molecule has 0 fully saturated rings. The van der Waals surface area contributed by atoms with Crippen LogP contribution >= 0.6 is 12.2 Å². The molecule has 0 saturated heterocycles. The number of hydrogen-bond donors (Lipinski definition) is 0. The van der Waals surface area contributed by atoms with Gasteiger partial charge >= 0.3 is 6.18 Å². The molecule has 0 aliphatic heterocycles. The predicted octanol–water partition coefficient (Wildman–Crippen LogP) is 3.58. The molecule has 0 saturated carbocycles. The Morgan fingerprint density at radius 3 is 2.42 bits per heavy atom. The van der Waals surface area contributed by atoms with E-state index in [9.17, 15) is 13.2 Å². The van der Waals surface area contributed by atoms with Gasteiger partial charge in [0.1, 0.15) is 0 Å². The van der Waals surface area contributed by atoms with Crippen LogP contribution in [0.2, 0.25) is 0 Å². The summed E-state index contributed by atoms with van der Waals surface area (Å²) < 4.78 is 41.1.